The number of ether oxygens (including phenoxy) is 2. The molecule has 6 heterocycles. The molecule has 7 atom stereocenters. The number of hydrogen-bond donors (Lipinski definition) is 2. The van der Waals surface area contributed by atoms with Gasteiger partial charge >= 0.3 is 0 Å². The monoisotopic (exact) mass is 1180 g/mol. The molecule has 82 heavy (non-hydrogen) atoms. The minimum atomic E-state index is -1.19. The lowest BCUT2D eigenvalue weighted by Crippen LogP contribution is -2.51. The van der Waals surface area contributed by atoms with Gasteiger partial charge in [0, 0.05) is 162 Å². The van der Waals surface area contributed by atoms with Crippen LogP contribution in [0.15, 0.2) is 84.9 Å². The van der Waals surface area contributed by atoms with E-state index >= 15 is 0 Å². The summed E-state index contributed by atoms with van der Waals surface area (Å²) >= 11 is 12.4. The fraction of sp³-hybridized carbons (Fsp3) is 0.606. The lowest BCUT2D eigenvalue weighted by molar-refractivity contribution is -0.136. The van der Waals surface area contributed by atoms with Gasteiger partial charge in [0.05, 0.1) is 27.6 Å². The van der Waals surface area contributed by atoms with Gasteiger partial charge in [-0.25, -0.2) is 8.93 Å². The van der Waals surface area contributed by atoms with Crippen LogP contribution in [0.25, 0.3) is 0 Å². The van der Waals surface area contributed by atoms with Crippen LogP contribution < -0.4 is 20.3 Å². The van der Waals surface area contributed by atoms with E-state index in [1.54, 1.807) is 0 Å². The quantitative estimate of drug-likeness (QED) is 0.126. The van der Waals surface area contributed by atoms with Crippen molar-refractivity contribution >= 4 is 57.4 Å². The summed E-state index contributed by atoms with van der Waals surface area (Å²) in [5.41, 5.74) is 16.2. The van der Waals surface area contributed by atoms with E-state index in [0.29, 0.717) is 37.0 Å². The molecule has 0 bridgehead atoms. The van der Waals surface area contributed by atoms with Gasteiger partial charge in [-0.15, -0.1) is 0 Å². The normalized spacial score (nSPS) is 24.0. The number of carbonyl (C=O) groups excluding carboxylic acids is 2. The number of likely N-dealkylation sites (tertiary alicyclic amines) is 2. The maximum atomic E-state index is 14.2. The Labute approximate surface area is 503 Å². The molecule has 16 heteroatoms. The molecular weight excluding hydrogens is 1090 g/mol. The second-order valence-electron chi connectivity index (χ2n) is 25.9. The zero-order valence-corrected chi connectivity index (χ0v) is 52.8. The zero-order chi connectivity index (χ0) is 58.4. The van der Waals surface area contributed by atoms with Gasteiger partial charge in [0.1, 0.15) is 0 Å². The second-order valence-corrected chi connectivity index (χ2v) is 28.7. The molecule has 4 aromatic rings. The third-order valence-electron chi connectivity index (χ3n) is 18.4. The van der Waals surface area contributed by atoms with Crippen molar-refractivity contribution in [3.05, 3.63) is 128 Å². The Balaban J connectivity index is 0.000000200. The highest BCUT2D eigenvalue weighted by molar-refractivity contribution is 7.84. The van der Waals surface area contributed by atoms with E-state index in [9.17, 15) is 13.8 Å². The molecule has 10 rings (SSSR count). The number of amides is 2. The molecule has 3 N–H and O–H groups in total. The first kappa shape index (κ1) is 62.4. The molecule has 0 unspecified atom stereocenters. The summed E-state index contributed by atoms with van der Waals surface area (Å²) in [6.45, 7) is 31.7. The van der Waals surface area contributed by atoms with Crippen LogP contribution in [-0.2, 0) is 30.0 Å². The first-order valence-electron chi connectivity index (χ1n) is 30.6. The van der Waals surface area contributed by atoms with Crippen LogP contribution in [0.1, 0.15) is 131 Å². The molecule has 4 aromatic carbocycles. The first-order chi connectivity index (χ1) is 39.2. The molecule has 6 saturated heterocycles. The van der Waals surface area contributed by atoms with Crippen LogP contribution in [0, 0.1) is 37.5 Å². The van der Waals surface area contributed by atoms with E-state index < -0.39 is 11.0 Å². The van der Waals surface area contributed by atoms with Crippen molar-refractivity contribution in [1.29, 1.82) is 0 Å². The zero-order valence-electron chi connectivity index (χ0n) is 50.5. The first-order valence-corrected chi connectivity index (χ1v) is 32.5. The summed E-state index contributed by atoms with van der Waals surface area (Å²) in [7, 11) is -1.19. The standard InChI is InChI=1S/C35H51ClN4O3S.C31H43ClN4O2/c1-24(2)33(37-44(42)35(4,5)6)29-21-25(3)7-12-32(29)38-15-17-39(18-16-38)34(41)31-23-40(28-13-19-43-20-14-28)22-30(31)26-8-10-27(36)11-9-26;1-21(2)30(33)26-18-22(3)4-9-29(26)34-12-14-35(15-13-34)31(37)28-20-36(25-10-16-38-17-11-25)19-27(28)23-5-7-24(32)8-6-23/h7-12,21,24,28,30-31,33,37H,13-20,22-23H2,1-6H3;4-9,18,21,25,27-28,30H,10-17,19-20,33H2,1-3H3/t30-,31+,33+,44+;27-,28+,30+/m11/s1. The number of nitrogens with one attached hydrogen (secondary N) is 1. The predicted octanol–water partition coefficient (Wildman–Crippen LogP) is 10.8. The average Bonchev–Trinajstić information content (AvgIpc) is 4.15. The lowest BCUT2D eigenvalue weighted by atomic mass is 9.88. The van der Waals surface area contributed by atoms with E-state index in [-0.39, 0.29) is 52.3 Å². The van der Waals surface area contributed by atoms with Crippen molar-refractivity contribution in [2.75, 3.05) is 115 Å². The Kier molecular flexibility index (Phi) is 21.3. The topological polar surface area (TPSA) is 127 Å². The van der Waals surface area contributed by atoms with Crippen LogP contribution in [0.5, 0.6) is 0 Å². The highest BCUT2D eigenvalue weighted by atomic mass is 35.5. The van der Waals surface area contributed by atoms with Gasteiger partial charge in [-0.05, 0) is 131 Å². The summed E-state index contributed by atoms with van der Waals surface area (Å²) in [5, 5.41) is 1.46. The third-order valence-corrected chi connectivity index (χ3v) is 20.5. The van der Waals surface area contributed by atoms with Gasteiger partial charge in [0.25, 0.3) is 0 Å². The lowest BCUT2D eigenvalue weighted by Gasteiger charge is -2.40. The molecule has 0 aromatic heterocycles. The number of nitrogens with two attached hydrogens (primary N) is 1. The Morgan fingerprint density at radius 1 is 0.573 bits per heavy atom. The van der Waals surface area contributed by atoms with Gasteiger partial charge in [-0.1, -0.05) is 111 Å². The fourth-order valence-corrected chi connectivity index (χ4v) is 14.7. The summed E-state index contributed by atoms with van der Waals surface area (Å²) in [6.07, 6.45) is 4.15. The smallest absolute Gasteiger partial charge is 0.227 e. The van der Waals surface area contributed by atoms with Crippen molar-refractivity contribution in [3.8, 4) is 0 Å². The number of carbonyl (C=O) groups is 2. The molecule has 0 aliphatic carbocycles. The molecule has 0 spiro atoms. The van der Waals surface area contributed by atoms with E-state index in [2.05, 4.69) is 136 Å². The van der Waals surface area contributed by atoms with Crippen LogP contribution >= 0.6 is 23.2 Å². The van der Waals surface area contributed by atoms with Gasteiger partial charge < -0.3 is 34.8 Å². The number of rotatable bonds is 14. The van der Waals surface area contributed by atoms with Crippen LogP contribution in [-0.4, -0.2) is 157 Å². The fourth-order valence-electron chi connectivity index (χ4n) is 13.4. The van der Waals surface area contributed by atoms with E-state index in [4.69, 9.17) is 38.4 Å². The average molecular weight is 1180 g/mol. The number of benzene rings is 4. The van der Waals surface area contributed by atoms with Crippen molar-refractivity contribution in [2.24, 2.45) is 29.4 Å². The molecule has 448 valence electrons. The third kappa shape index (κ3) is 15.1. The number of nitrogens with zero attached hydrogens (tertiary/aromatic N) is 6. The highest BCUT2D eigenvalue weighted by Crippen LogP contribution is 2.41. The van der Waals surface area contributed by atoms with Crippen molar-refractivity contribution in [1.82, 2.24) is 24.3 Å². The molecule has 2 amide bonds. The van der Waals surface area contributed by atoms with Crippen LogP contribution in [0.3, 0.4) is 0 Å². The Hall–Kier alpha value is -4.09. The SMILES string of the molecule is Cc1ccc(N2CCN(C(=O)[C@H]3CN(C4CCOCC4)C[C@@H]3c3ccc(Cl)cc3)CC2)c([C@@H](N)C(C)C)c1.Cc1ccc(N2CCN(C(=O)[C@H]3CN(C4CCOCC4)C[C@@H]3c3ccc(Cl)cc3)CC2)c([C@@H](N[S@@](=O)C(C)(C)C)C(C)C)c1. The molecular formula is C66H94Cl2N8O5S. The van der Waals surface area contributed by atoms with Gasteiger partial charge in [0.2, 0.25) is 11.8 Å². The summed E-state index contributed by atoms with van der Waals surface area (Å²) < 4.78 is 27.5. The van der Waals surface area contributed by atoms with Gasteiger partial charge in [-0.2, -0.15) is 0 Å². The molecule has 6 fully saturated rings. The highest BCUT2D eigenvalue weighted by Gasteiger charge is 2.45. The second kappa shape index (κ2) is 28.0. The number of aryl methyl sites for hydroxylation is 2. The summed E-state index contributed by atoms with van der Waals surface area (Å²) in [6, 6.07) is 30.4. The summed E-state index contributed by atoms with van der Waals surface area (Å²) in [5.74, 6) is 1.43. The number of halogens is 2. The van der Waals surface area contributed by atoms with E-state index in [0.717, 1.165) is 128 Å². The molecule has 6 aliphatic heterocycles. The van der Waals surface area contributed by atoms with Crippen molar-refractivity contribution in [3.63, 3.8) is 0 Å². The molecule has 13 nitrogen and oxygen atoms in total. The number of anilines is 2. The maximum Gasteiger partial charge on any atom is 0.227 e. The Morgan fingerprint density at radius 3 is 1.34 bits per heavy atom. The van der Waals surface area contributed by atoms with Gasteiger partial charge in [0.15, 0.2) is 0 Å². The number of piperazine rings is 2. The molecule has 0 saturated carbocycles. The largest absolute Gasteiger partial charge is 0.381 e. The van der Waals surface area contributed by atoms with E-state index in [1.165, 1.54) is 44.8 Å². The van der Waals surface area contributed by atoms with E-state index in [1.807, 2.05) is 45.0 Å². The molecule has 6 aliphatic rings. The minimum Gasteiger partial charge on any atom is -0.381 e. The van der Waals surface area contributed by atoms with Crippen LogP contribution in [0.2, 0.25) is 10.0 Å². The van der Waals surface area contributed by atoms with Crippen molar-refractivity contribution < 1.29 is 23.3 Å². The molecule has 0 radical (unpaired) electrons. The number of hydrogen-bond acceptors (Lipinski definition) is 10. The maximum absolute atomic E-state index is 14.2. The van der Waals surface area contributed by atoms with Crippen molar-refractivity contribution in [2.45, 2.75) is 129 Å². The van der Waals surface area contributed by atoms with Gasteiger partial charge in [-0.3, -0.25) is 19.4 Å². The Morgan fingerprint density at radius 2 is 0.963 bits per heavy atom. The predicted molar refractivity (Wildman–Crippen MR) is 337 cm³/mol. The minimum absolute atomic E-state index is 0.000598. The van der Waals surface area contributed by atoms with Crippen LogP contribution in [0.4, 0.5) is 11.4 Å². The Bertz CT molecular complexity index is 2770. The summed E-state index contributed by atoms with van der Waals surface area (Å²) in [4.78, 5) is 42.4.